The second kappa shape index (κ2) is 14.5. The van der Waals surface area contributed by atoms with Crippen molar-refractivity contribution in [2.45, 2.75) is 71.6 Å². The summed E-state index contributed by atoms with van der Waals surface area (Å²) < 4.78 is 0. The molecule has 38 heavy (non-hydrogen) atoms. The SMILES string of the molecule is CCCNCC(O)CNC(=O)[C@@H](Cc1ccc2ccccc2c1)NC(=O)C1CCCN1C(=O)C(C)(C)C.Cl. The monoisotopic (exact) mass is 546 g/mol. The summed E-state index contributed by atoms with van der Waals surface area (Å²) in [4.78, 5) is 41.2. The molecule has 0 aliphatic carbocycles. The summed E-state index contributed by atoms with van der Waals surface area (Å²) in [5.74, 6) is -0.743. The molecule has 4 N–H and O–H groups in total. The van der Waals surface area contributed by atoms with E-state index in [1.807, 2.05) is 70.2 Å². The summed E-state index contributed by atoms with van der Waals surface area (Å²) in [5, 5.41) is 21.2. The van der Waals surface area contributed by atoms with E-state index in [0.717, 1.165) is 35.7 Å². The highest BCUT2D eigenvalue weighted by Gasteiger charge is 2.39. The van der Waals surface area contributed by atoms with Crippen molar-refractivity contribution in [1.82, 2.24) is 20.9 Å². The van der Waals surface area contributed by atoms with Crippen molar-refractivity contribution in [1.29, 1.82) is 0 Å². The third kappa shape index (κ3) is 8.68. The van der Waals surface area contributed by atoms with Crippen molar-refractivity contribution in [2.75, 3.05) is 26.2 Å². The average Bonchev–Trinajstić information content (AvgIpc) is 3.36. The van der Waals surface area contributed by atoms with Crippen molar-refractivity contribution in [3.05, 3.63) is 48.0 Å². The quantitative estimate of drug-likeness (QED) is 0.324. The number of aliphatic hydroxyl groups excluding tert-OH is 1. The molecule has 1 aliphatic rings. The van der Waals surface area contributed by atoms with Gasteiger partial charge in [0, 0.05) is 31.5 Å². The highest BCUT2D eigenvalue weighted by Crippen LogP contribution is 2.26. The highest BCUT2D eigenvalue weighted by molar-refractivity contribution is 5.93. The van der Waals surface area contributed by atoms with Gasteiger partial charge in [-0.15, -0.1) is 12.4 Å². The number of rotatable bonds is 11. The van der Waals surface area contributed by atoms with Gasteiger partial charge in [-0.2, -0.15) is 0 Å². The van der Waals surface area contributed by atoms with E-state index in [-0.39, 0.29) is 36.7 Å². The van der Waals surface area contributed by atoms with Gasteiger partial charge in [0.15, 0.2) is 0 Å². The zero-order valence-corrected chi connectivity index (χ0v) is 23.8. The van der Waals surface area contributed by atoms with Gasteiger partial charge in [-0.3, -0.25) is 14.4 Å². The van der Waals surface area contributed by atoms with Crippen LogP contribution >= 0.6 is 12.4 Å². The molecular weight excluding hydrogens is 504 g/mol. The zero-order valence-electron chi connectivity index (χ0n) is 23.0. The molecule has 3 amide bonds. The zero-order chi connectivity index (χ0) is 27.0. The van der Waals surface area contributed by atoms with Crippen LogP contribution in [0.1, 0.15) is 52.5 Å². The average molecular weight is 547 g/mol. The Bertz CT molecular complexity index is 1090. The van der Waals surface area contributed by atoms with E-state index >= 15 is 0 Å². The number of amides is 3. The Morgan fingerprint density at radius 1 is 1.08 bits per heavy atom. The lowest BCUT2D eigenvalue weighted by molar-refractivity contribution is -0.145. The molecule has 1 saturated heterocycles. The number of fused-ring (bicyclic) bond motifs is 1. The number of hydrogen-bond donors (Lipinski definition) is 4. The number of halogens is 1. The van der Waals surface area contributed by atoms with Crippen LogP contribution in [0.4, 0.5) is 0 Å². The van der Waals surface area contributed by atoms with E-state index < -0.39 is 23.6 Å². The van der Waals surface area contributed by atoms with Gasteiger partial charge in [-0.25, -0.2) is 0 Å². The standard InChI is InChI=1S/C29H42N4O4.ClH/c1-5-14-30-18-23(34)19-31-26(35)24(17-20-12-13-21-9-6-7-10-22(21)16-20)32-27(36)25-11-8-15-33(25)28(37)29(2,3)4;/h6-7,9-10,12-13,16,23-25,30,34H,5,8,11,14-15,17-19H2,1-4H3,(H,31,35)(H,32,36);1H/t23?,24-,25?;/m1./s1. The summed E-state index contributed by atoms with van der Waals surface area (Å²) in [7, 11) is 0. The van der Waals surface area contributed by atoms with Crippen LogP contribution in [0.15, 0.2) is 42.5 Å². The predicted molar refractivity (Wildman–Crippen MR) is 153 cm³/mol. The van der Waals surface area contributed by atoms with Gasteiger partial charge in [0.1, 0.15) is 12.1 Å². The van der Waals surface area contributed by atoms with Gasteiger partial charge in [0.2, 0.25) is 17.7 Å². The number of likely N-dealkylation sites (tertiary alicyclic amines) is 1. The van der Waals surface area contributed by atoms with E-state index in [4.69, 9.17) is 0 Å². The normalized spacial score (nSPS) is 17.0. The Morgan fingerprint density at radius 3 is 2.47 bits per heavy atom. The number of carbonyl (C=O) groups excluding carboxylic acids is 3. The van der Waals surface area contributed by atoms with Crippen molar-refractivity contribution < 1.29 is 19.5 Å². The molecule has 0 radical (unpaired) electrons. The minimum Gasteiger partial charge on any atom is -0.390 e. The van der Waals surface area contributed by atoms with Gasteiger partial charge < -0.3 is 26.0 Å². The molecule has 1 fully saturated rings. The molecule has 2 aromatic carbocycles. The summed E-state index contributed by atoms with van der Waals surface area (Å²) in [6.07, 6.45) is 1.83. The van der Waals surface area contributed by atoms with Crippen LogP contribution in [0, 0.1) is 5.41 Å². The van der Waals surface area contributed by atoms with E-state index in [9.17, 15) is 19.5 Å². The Kier molecular flexibility index (Phi) is 12.0. The lowest BCUT2D eigenvalue weighted by Gasteiger charge is -2.31. The first-order valence-electron chi connectivity index (χ1n) is 13.4. The van der Waals surface area contributed by atoms with Gasteiger partial charge in [0.25, 0.3) is 0 Å². The van der Waals surface area contributed by atoms with Crippen LogP contribution in [0.3, 0.4) is 0 Å². The number of nitrogens with zero attached hydrogens (tertiary/aromatic N) is 1. The molecule has 1 heterocycles. The number of hydrogen-bond acceptors (Lipinski definition) is 5. The molecule has 8 nitrogen and oxygen atoms in total. The van der Waals surface area contributed by atoms with Crippen LogP contribution in [0.25, 0.3) is 10.8 Å². The fraction of sp³-hybridized carbons (Fsp3) is 0.552. The molecule has 0 saturated carbocycles. The van der Waals surface area contributed by atoms with Gasteiger partial charge in [0.05, 0.1) is 6.10 Å². The first-order chi connectivity index (χ1) is 17.6. The largest absolute Gasteiger partial charge is 0.390 e. The van der Waals surface area contributed by atoms with Crippen molar-refractivity contribution in [2.24, 2.45) is 5.41 Å². The molecular formula is C29H43ClN4O4. The first kappa shape index (κ1) is 31.5. The predicted octanol–water partition coefficient (Wildman–Crippen LogP) is 2.80. The number of carbonyl (C=O) groups is 3. The first-order valence-corrected chi connectivity index (χ1v) is 13.4. The van der Waals surface area contributed by atoms with Crippen LogP contribution < -0.4 is 16.0 Å². The van der Waals surface area contributed by atoms with E-state index in [0.29, 0.717) is 25.9 Å². The topological polar surface area (TPSA) is 111 Å². The third-order valence-electron chi connectivity index (χ3n) is 6.66. The smallest absolute Gasteiger partial charge is 0.243 e. The minimum atomic E-state index is -0.836. The molecule has 2 unspecified atom stereocenters. The Balaban J connectivity index is 0.00000507. The minimum absolute atomic E-state index is 0. The van der Waals surface area contributed by atoms with Gasteiger partial charge >= 0.3 is 0 Å². The van der Waals surface area contributed by atoms with Crippen LogP contribution in [-0.2, 0) is 20.8 Å². The second-order valence-corrected chi connectivity index (χ2v) is 11.0. The fourth-order valence-corrected chi connectivity index (χ4v) is 4.65. The van der Waals surface area contributed by atoms with E-state index in [1.54, 1.807) is 4.90 Å². The Hall–Kier alpha value is -2.68. The highest BCUT2D eigenvalue weighted by atomic mass is 35.5. The number of benzene rings is 2. The molecule has 1 aliphatic heterocycles. The fourth-order valence-electron chi connectivity index (χ4n) is 4.65. The summed E-state index contributed by atoms with van der Waals surface area (Å²) >= 11 is 0. The number of nitrogens with one attached hydrogen (secondary N) is 3. The summed E-state index contributed by atoms with van der Waals surface area (Å²) in [6.45, 7) is 9.36. The molecule has 9 heteroatoms. The maximum absolute atomic E-state index is 13.4. The van der Waals surface area contributed by atoms with Crippen LogP contribution in [-0.4, -0.2) is 72.1 Å². The lowest BCUT2D eigenvalue weighted by Crippen LogP contribution is -2.55. The van der Waals surface area contributed by atoms with Crippen molar-refractivity contribution in [3.8, 4) is 0 Å². The van der Waals surface area contributed by atoms with Gasteiger partial charge in [-0.05, 0) is 42.1 Å². The van der Waals surface area contributed by atoms with Crippen molar-refractivity contribution in [3.63, 3.8) is 0 Å². The number of aliphatic hydroxyl groups is 1. The molecule has 210 valence electrons. The van der Waals surface area contributed by atoms with E-state index in [1.165, 1.54) is 0 Å². The second-order valence-electron chi connectivity index (χ2n) is 11.0. The van der Waals surface area contributed by atoms with Gasteiger partial charge in [-0.1, -0.05) is 70.2 Å². The molecule has 2 aromatic rings. The summed E-state index contributed by atoms with van der Waals surface area (Å²) in [6, 6.07) is 12.5. The maximum atomic E-state index is 13.4. The molecule has 3 rings (SSSR count). The van der Waals surface area contributed by atoms with Crippen LogP contribution in [0.2, 0.25) is 0 Å². The maximum Gasteiger partial charge on any atom is 0.243 e. The van der Waals surface area contributed by atoms with Crippen LogP contribution in [0.5, 0.6) is 0 Å². The molecule has 0 aromatic heterocycles. The third-order valence-corrected chi connectivity index (χ3v) is 6.66. The lowest BCUT2D eigenvalue weighted by atomic mass is 9.94. The van der Waals surface area contributed by atoms with Crippen molar-refractivity contribution >= 4 is 40.9 Å². The Morgan fingerprint density at radius 2 is 1.79 bits per heavy atom. The Labute approximate surface area is 232 Å². The summed E-state index contributed by atoms with van der Waals surface area (Å²) in [5.41, 5.74) is 0.325. The van der Waals surface area contributed by atoms with E-state index in [2.05, 4.69) is 16.0 Å². The molecule has 0 spiro atoms. The molecule has 0 bridgehead atoms. The molecule has 3 atom stereocenters.